The first-order chi connectivity index (χ1) is 36.1. The van der Waals surface area contributed by atoms with Crippen molar-refractivity contribution in [1.82, 2.24) is 41.2 Å². The van der Waals surface area contributed by atoms with Crippen molar-refractivity contribution in [1.29, 1.82) is 0 Å². The lowest BCUT2D eigenvalue weighted by molar-refractivity contribution is -0.121. The number of nitrogens with zero attached hydrogens (tertiary/aromatic N) is 6. The van der Waals surface area contributed by atoms with E-state index >= 15 is 0 Å². The Balaban J connectivity index is 0.850. The SMILES string of the molecule is CC(C(=O)C(C)c1ccc(OCc2ccc(C(=O)c3cccc(-c4nn[nH]n4)c3)cc2)c(-c2ccccc2)c1O)c1ccc(OCc2ccc(C(=O)c3cccc(-c4nn[nH]n4)c3)cc2)c(-c2ccccc2)c1O. The number of H-pyrrole nitrogens is 2. The van der Waals surface area contributed by atoms with Crippen LogP contribution in [0.1, 0.15) is 79.8 Å². The number of tetrazole rings is 2. The summed E-state index contributed by atoms with van der Waals surface area (Å²) in [5, 5.41) is 52.2. The number of Topliss-reactive ketones (excluding diaryl/α,β-unsaturated/α-hetero) is 1. The van der Waals surface area contributed by atoms with Gasteiger partial charge in [0.05, 0.1) is 11.1 Å². The molecule has 10 aromatic rings. The van der Waals surface area contributed by atoms with E-state index in [0.29, 0.717) is 89.9 Å². The molecule has 0 amide bonds. The van der Waals surface area contributed by atoms with E-state index < -0.39 is 11.8 Å². The molecule has 364 valence electrons. The molecular formula is C59H46N8O7. The van der Waals surface area contributed by atoms with Crippen LogP contribution in [-0.2, 0) is 18.0 Å². The van der Waals surface area contributed by atoms with Crippen LogP contribution in [0.4, 0.5) is 0 Å². The first-order valence-electron chi connectivity index (χ1n) is 23.7. The van der Waals surface area contributed by atoms with Gasteiger partial charge in [0.1, 0.15) is 42.0 Å². The number of phenolic OH excluding ortho intramolecular Hbond substituents is 2. The largest absolute Gasteiger partial charge is 0.507 e. The van der Waals surface area contributed by atoms with Crippen LogP contribution in [0.3, 0.4) is 0 Å². The maximum atomic E-state index is 14.6. The van der Waals surface area contributed by atoms with Crippen molar-refractivity contribution in [3.05, 3.63) is 226 Å². The quantitative estimate of drug-likeness (QED) is 0.0589. The average molecular weight is 979 g/mol. The van der Waals surface area contributed by atoms with Crippen molar-refractivity contribution < 1.29 is 34.1 Å². The summed E-state index contributed by atoms with van der Waals surface area (Å²) in [6.45, 7) is 3.74. The standard InChI is InChI=1S/C59H46N8O7/c1-35(47-27-29-49(51(56(47)71)39-11-5-3-6-12-39)73-33-37-19-23-41(24-20-37)54(69)43-15-9-17-45(31-43)58-60-64-65-61-58)53(68)36(2)48-28-30-50(52(57(48)72)40-13-7-4-8-14-40)74-34-38-21-25-42(26-22-38)55(70)44-16-10-18-46(32-44)59-62-66-67-63-59/h3-32,35-36,71-72H,33-34H2,1-2H3,(H,60,61,64,65)(H,62,63,66,67). The van der Waals surface area contributed by atoms with Gasteiger partial charge in [0.2, 0.25) is 11.6 Å². The lowest BCUT2D eigenvalue weighted by Gasteiger charge is -2.23. The summed E-state index contributed by atoms with van der Waals surface area (Å²) in [5.74, 6) is -0.805. The summed E-state index contributed by atoms with van der Waals surface area (Å²) >= 11 is 0. The number of aromatic nitrogens is 8. The average Bonchev–Trinajstić information content (AvgIpc) is 4.21. The van der Waals surface area contributed by atoms with Crippen molar-refractivity contribution in [3.63, 3.8) is 0 Å². The van der Waals surface area contributed by atoms with Gasteiger partial charge in [-0.15, -0.1) is 20.4 Å². The van der Waals surface area contributed by atoms with Gasteiger partial charge < -0.3 is 19.7 Å². The second-order valence-corrected chi connectivity index (χ2v) is 17.6. The molecule has 0 saturated heterocycles. The van der Waals surface area contributed by atoms with Crippen molar-refractivity contribution in [2.45, 2.75) is 38.9 Å². The summed E-state index contributed by atoms with van der Waals surface area (Å²) < 4.78 is 12.7. The first-order valence-corrected chi connectivity index (χ1v) is 23.7. The van der Waals surface area contributed by atoms with E-state index in [9.17, 15) is 24.6 Å². The molecule has 0 spiro atoms. The van der Waals surface area contributed by atoms with Gasteiger partial charge in [-0.05, 0) is 56.9 Å². The molecule has 74 heavy (non-hydrogen) atoms. The number of benzene rings is 8. The monoisotopic (exact) mass is 978 g/mol. The number of hydrogen-bond acceptors (Lipinski definition) is 13. The minimum Gasteiger partial charge on any atom is -0.507 e. The van der Waals surface area contributed by atoms with E-state index in [4.69, 9.17) is 9.47 Å². The predicted octanol–water partition coefficient (Wildman–Crippen LogP) is 10.9. The van der Waals surface area contributed by atoms with Crippen molar-refractivity contribution in [2.24, 2.45) is 0 Å². The molecule has 8 aromatic carbocycles. The summed E-state index contributed by atoms with van der Waals surface area (Å²) in [7, 11) is 0. The van der Waals surface area contributed by atoms with Crippen LogP contribution in [0.2, 0.25) is 0 Å². The van der Waals surface area contributed by atoms with E-state index in [2.05, 4.69) is 41.2 Å². The fraction of sp³-hybridized carbons (Fsp3) is 0.102. The zero-order valence-corrected chi connectivity index (χ0v) is 40.0. The Bertz CT molecular complexity index is 3370. The number of rotatable bonds is 18. The summed E-state index contributed by atoms with van der Waals surface area (Å²) in [4.78, 5) is 41.4. The molecule has 0 saturated carbocycles. The number of aromatic hydroxyl groups is 2. The molecule has 15 nitrogen and oxygen atoms in total. The van der Waals surface area contributed by atoms with Crippen molar-refractivity contribution >= 4 is 17.3 Å². The molecule has 0 aliphatic carbocycles. The molecule has 0 aliphatic heterocycles. The Morgan fingerprint density at radius 1 is 0.459 bits per heavy atom. The molecule has 2 aromatic heterocycles. The van der Waals surface area contributed by atoms with E-state index in [0.717, 1.165) is 11.1 Å². The Labute approximate surface area is 424 Å². The molecule has 2 unspecified atom stereocenters. The van der Waals surface area contributed by atoms with E-state index in [-0.39, 0.29) is 42.1 Å². The number of carbonyl (C=O) groups is 3. The van der Waals surface area contributed by atoms with Gasteiger partial charge in [-0.3, -0.25) is 14.4 Å². The highest BCUT2D eigenvalue weighted by molar-refractivity contribution is 6.10. The number of ether oxygens (including phenoxy) is 2. The molecule has 10 rings (SSSR count). The van der Waals surface area contributed by atoms with Crippen LogP contribution in [0.25, 0.3) is 45.0 Å². The van der Waals surface area contributed by atoms with Crippen LogP contribution in [0.5, 0.6) is 23.0 Å². The van der Waals surface area contributed by atoms with Crippen LogP contribution in [0.15, 0.2) is 182 Å². The third-order valence-electron chi connectivity index (χ3n) is 12.9. The smallest absolute Gasteiger partial charge is 0.204 e. The zero-order valence-electron chi connectivity index (χ0n) is 40.0. The number of carbonyl (C=O) groups excluding carboxylic acids is 3. The maximum absolute atomic E-state index is 14.6. The Morgan fingerprint density at radius 3 is 1.23 bits per heavy atom. The second-order valence-electron chi connectivity index (χ2n) is 17.6. The van der Waals surface area contributed by atoms with Gasteiger partial charge in [-0.2, -0.15) is 10.4 Å². The van der Waals surface area contributed by atoms with Gasteiger partial charge >= 0.3 is 0 Å². The highest BCUT2D eigenvalue weighted by Gasteiger charge is 2.30. The fourth-order valence-electron chi connectivity index (χ4n) is 8.89. The maximum Gasteiger partial charge on any atom is 0.204 e. The Morgan fingerprint density at radius 2 is 0.851 bits per heavy atom. The summed E-state index contributed by atoms with van der Waals surface area (Å²) in [6.07, 6.45) is 0. The molecule has 2 heterocycles. The number of hydrogen-bond donors (Lipinski definition) is 4. The van der Waals surface area contributed by atoms with Gasteiger partial charge in [0.15, 0.2) is 11.6 Å². The van der Waals surface area contributed by atoms with Gasteiger partial charge in [0, 0.05) is 56.3 Å². The lowest BCUT2D eigenvalue weighted by Crippen LogP contribution is -2.17. The molecular weight excluding hydrogens is 933 g/mol. The number of aromatic amines is 2. The van der Waals surface area contributed by atoms with Gasteiger partial charge in [0.25, 0.3) is 0 Å². The third kappa shape index (κ3) is 10.0. The molecule has 0 bridgehead atoms. The molecule has 0 radical (unpaired) electrons. The minimum atomic E-state index is -0.806. The highest BCUT2D eigenvalue weighted by atomic mass is 16.5. The second kappa shape index (κ2) is 21.2. The summed E-state index contributed by atoms with van der Waals surface area (Å²) in [6, 6.07) is 53.8. The topological polar surface area (TPSA) is 219 Å². The lowest BCUT2D eigenvalue weighted by atomic mass is 9.83. The van der Waals surface area contributed by atoms with E-state index in [1.807, 2.05) is 84.9 Å². The highest BCUT2D eigenvalue weighted by Crippen LogP contribution is 2.47. The molecule has 4 N–H and O–H groups in total. The molecule has 15 heteroatoms. The van der Waals surface area contributed by atoms with Gasteiger partial charge in [-0.25, -0.2) is 0 Å². The van der Waals surface area contributed by atoms with Gasteiger partial charge in [-0.1, -0.05) is 172 Å². The molecule has 0 fully saturated rings. The van der Waals surface area contributed by atoms with Crippen molar-refractivity contribution in [2.75, 3.05) is 0 Å². The predicted molar refractivity (Wildman–Crippen MR) is 277 cm³/mol. The van der Waals surface area contributed by atoms with Crippen LogP contribution in [-0.4, -0.2) is 68.8 Å². The van der Waals surface area contributed by atoms with Crippen LogP contribution < -0.4 is 9.47 Å². The fourth-order valence-corrected chi connectivity index (χ4v) is 8.89. The normalized spacial score (nSPS) is 11.9. The first kappa shape index (κ1) is 47.8. The van der Waals surface area contributed by atoms with E-state index in [1.54, 1.807) is 111 Å². The molecule has 0 aliphatic rings. The van der Waals surface area contributed by atoms with Crippen molar-refractivity contribution in [3.8, 4) is 68.0 Å². The van der Waals surface area contributed by atoms with Crippen LogP contribution >= 0.6 is 0 Å². The Hall–Kier alpha value is -9.89. The van der Waals surface area contributed by atoms with E-state index in [1.165, 1.54) is 0 Å². The number of ketones is 3. The zero-order chi connectivity index (χ0) is 51.1. The summed E-state index contributed by atoms with van der Waals surface area (Å²) in [5.41, 5.74) is 7.86. The number of phenols is 2. The number of nitrogens with one attached hydrogen (secondary N) is 2. The third-order valence-corrected chi connectivity index (χ3v) is 12.9. The molecule has 2 atom stereocenters. The van der Waals surface area contributed by atoms with Crippen LogP contribution in [0, 0.1) is 0 Å². The minimum absolute atomic E-state index is 0.101. The Kier molecular flexibility index (Phi) is 13.7.